The van der Waals surface area contributed by atoms with Crippen LogP contribution in [0.5, 0.6) is 0 Å². The van der Waals surface area contributed by atoms with E-state index < -0.39 is 0 Å². The molecule has 2 heterocycles. The van der Waals surface area contributed by atoms with Crippen molar-refractivity contribution in [2.45, 2.75) is 39.3 Å². The zero-order chi connectivity index (χ0) is 14.7. The molecule has 0 aliphatic carbocycles. The number of esters is 2. The summed E-state index contributed by atoms with van der Waals surface area (Å²) in [7, 11) is 0. The highest BCUT2D eigenvalue weighted by molar-refractivity contribution is 5.78. The molecule has 2 aliphatic rings. The molecular formula is C14H21NO5. The predicted octanol–water partition coefficient (Wildman–Crippen LogP) is 0.860. The Hall–Kier alpha value is -1.40. The van der Waals surface area contributed by atoms with Gasteiger partial charge in [0.1, 0.15) is 18.4 Å². The molecular weight excluding hydrogens is 262 g/mol. The van der Waals surface area contributed by atoms with Crippen molar-refractivity contribution < 1.29 is 23.8 Å². The van der Waals surface area contributed by atoms with E-state index in [1.54, 1.807) is 6.92 Å². The summed E-state index contributed by atoms with van der Waals surface area (Å²) in [5.41, 5.74) is 0.823. The van der Waals surface area contributed by atoms with Crippen LogP contribution in [0.1, 0.15) is 27.2 Å². The summed E-state index contributed by atoms with van der Waals surface area (Å²) in [5, 5.41) is 0. The number of carbonyl (C=O) groups excluding carboxylic acids is 2. The van der Waals surface area contributed by atoms with Crippen molar-refractivity contribution in [3.05, 3.63) is 11.3 Å². The maximum Gasteiger partial charge on any atom is 0.326 e. The molecule has 2 rings (SSSR count). The Morgan fingerprint density at radius 3 is 2.85 bits per heavy atom. The second-order valence-corrected chi connectivity index (χ2v) is 5.38. The molecule has 112 valence electrons. The Morgan fingerprint density at radius 1 is 1.50 bits per heavy atom. The first-order chi connectivity index (χ1) is 9.49. The first-order valence-corrected chi connectivity index (χ1v) is 6.88. The van der Waals surface area contributed by atoms with E-state index in [9.17, 15) is 9.59 Å². The third-order valence-corrected chi connectivity index (χ3v) is 3.57. The Morgan fingerprint density at radius 2 is 2.25 bits per heavy atom. The van der Waals surface area contributed by atoms with E-state index in [-0.39, 0.29) is 37.0 Å². The number of cyclic esters (lactones) is 1. The smallest absolute Gasteiger partial charge is 0.326 e. The summed E-state index contributed by atoms with van der Waals surface area (Å²) in [6.07, 6.45) is 0.275. The van der Waals surface area contributed by atoms with Gasteiger partial charge in [0.25, 0.3) is 0 Å². The van der Waals surface area contributed by atoms with Crippen molar-refractivity contribution in [2.24, 2.45) is 0 Å². The molecule has 0 bridgehead atoms. The van der Waals surface area contributed by atoms with Gasteiger partial charge in [-0.25, -0.2) is 0 Å². The standard InChI is InChI=1S/C14H21NO5/c1-9(2)15-4-5-18-7-11(15)14(17)19-8-12-10(3)6-13(16)20-12/h9,11H,4-8H2,1-3H3/t11-/m1/s1. The molecule has 0 radical (unpaired) electrons. The average Bonchev–Trinajstić information content (AvgIpc) is 2.74. The Balaban J connectivity index is 1.90. The second-order valence-electron chi connectivity index (χ2n) is 5.38. The first kappa shape index (κ1) is 15.0. The number of carbonyl (C=O) groups is 2. The maximum atomic E-state index is 12.2. The van der Waals surface area contributed by atoms with Crippen molar-refractivity contribution in [3.63, 3.8) is 0 Å². The van der Waals surface area contributed by atoms with Crippen LogP contribution >= 0.6 is 0 Å². The quantitative estimate of drug-likeness (QED) is 0.713. The van der Waals surface area contributed by atoms with Crippen LogP contribution < -0.4 is 0 Å². The minimum absolute atomic E-state index is 0.0127. The first-order valence-electron chi connectivity index (χ1n) is 6.88. The minimum atomic E-state index is -0.387. The summed E-state index contributed by atoms with van der Waals surface area (Å²) in [5.74, 6) is -0.170. The summed E-state index contributed by atoms with van der Waals surface area (Å²) in [6, 6.07) is -0.136. The SMILES string of the molecule is CC1=C(COC(=O)[C@H]2COCCN2C(C)C)OC(=O)C1. The highest BCUT2D eigenvalue weighted by atomic mass is 16.6. The van der Waals surface area contributed by atoms with Gasteiger partial charge in [-0.05, 0) is 26.3 Å². The fraction of sp³-hybridized carbons (Fsp3) is 0.714. The lowest BCUT2D eigenvalue weighted by Crippen LogP contribution is -2.53. The van der Waals surface area contributed by atoms with E-state index in [1.165, 1.54) is 0 Å². The molecule has 0 saturated carbocycles. The predicted molar refractivity (Wildman–Crippen MR) is 70.8 cm³/mol. The van der Waals surface area contributed by atoms with Crippen LogP contribution in [0.15, 0.2) is 11.3 Å². The van der Waals surface area contributed by atoms with Crippen LogP contribution in [0.2, 0.25) is 0 Å². The normalized spacial score (nSPS) is 24.2. The van der Waals surface area contributed by atoms with Crippen molar-refractivity contribution in [1.82, 2.24) is 4.90 Å². The van der Waals surface area contributed by atoms with E-state index in [2.05, 4.69) is 4.90 Å². The number of ether oxygens (including phenoxy) is 3. The number of hydrogen-bond donors (Lipinski definition) is 0. The topological polar surface area (TPSA) is 65.1 Å². The molecule has 2 aliphatic heterocycles. The van der Waals surface area contributed by atoms with E-state index >= 15 is 0 Å². The highest BCUT2D eigenvalue weighted by Gasteiger charge is 2.33. The molecule has 0 unspecified atom stereocenters. The summed E-state index contributed by atoms with van der Waals surface area (Å²) >= 11 is 0. The molecule has 0 aromatic rings. The van der Waals surface area contributed by atoms with E-state index in [1.807, 2.05) is 13.8 Å². The number of nitrogens with zero attached hydrogens (tertiary/aromatic N) is 1. The molecule has 0 amide bonds. The maximum absolute atomic E-state index is 12.2. The van der Waals surface area contributed by atoms with E-state index in [4.69, 9.17) is 14.2 Å². The largest absolute Gasteiger partial charge is 0.456 e. The summed E-state index contributed by atoms with van der Waals surface area (Å²) in [4.78, 5) is 25.3. The second kappa shape index (κ2) is 6.37. The van der Waals surface area contributed by atoms with Gasteiger partial charge in [0, 0.05) is 12.6 Å². The van der Waals surface area contributed by atoms with Crippen molar-refractivity contribution >= 4 is 11.9 Å². The van der Waals surface area contributed by atoms with E-state index in [0.717, 1.165) is 5.57 Å². The zero-order valence-electron chi connectivity index (χ0n) is 12.2. The molecule has 1 fully saturated rings. The molecule has 6 heteroatoms. The third-order valence-electron chi connectivity index (χ3n) is 3.57. The van der Waals surface area contributed by atoms with E-state index in [0.29, 0.717) is 25.5 Å². The van der Waals surface area contributed by atoms with Crippen LogP contribution in [-0.4, -0.2) is 55.3 Å². The summed E-state index contributed by atoms with van der Waals surface area (Å²) in [6.45, 7) is 7.58. The van der Waals surface area contributed by atoms with Crippen LogP contribution in [0.25, 0.3) is 0 Å². The average molecular weight is 283 g/mol. The molecule has 20 heavy (non-hydrogen) atoms. The van der Waals surface area contributed by atoms with Gasteiger partial charge in [0.15, 0.2) is 0 Å². The van der Waals surface area contributed by atoms with Crippen LogP contribution in [0.3, 0.4) is 0 Å². The van der Waals surface area contributed by atoms with Crippen LogP contribution in [0.4, 0.5) is 0 Å². The molecule has 0 aromatic carbocycles. The molecule has 0 spiro atoms. The molecule has 6 nitrogen and oxygen atoms in total. The van der Waals surface area contributed by atoms with Crippen molar-refractivity contribution in [1.29, 1.82) is 0 Å². The van der Waals surface area contributed by atoms with Gasteiger partial charge in [-0.15, -0.1) is 0 Å². The third kappa shape index (κ3) is 3.37. The van der Waals surface area contributed by atoms with Gasteiger partial charge in [0.2, 0.25) is 0 Å². The Bertz CT molecular complexity index is 429. The van der Waals surface area contributed by atoms with Gasteiger partial charge in [-0.1, -0.05) is 0 Å². The fourth-order valence-electron chi connectivity index (χ4n) is 2.40. The Kier molecular flexibility index (Phi) is 4.77. The number of morpholine rings is 1. The van der Waals surface area contributed by atoms with Gasteiger partial charge in [0.05, 0.1) is 19.6 Å². The fourth-order valence-corrected chi connectivity index (χ4v) is 2.40. The van der Waals surface area contributed by atoms with Crippen LogP contribution in [0, 0.1) is 0 Å². The molecule has 1 atom stereocenters. The number of hydrogen-bond acceptors (Lipinski definition) is 6. The minimum Gasteiger partial charge on any atom is -0.456 e. The number of rotatable bonds is 4. The van der Waals surface area contributed by atoms with Crippen LogP contribution in [-0.2, 0) is 23.8 Å². The lowest BCUT2D eigenvalue weighted by Gasteiger charge is -2.36. The molecule has 0 N–H and O–H groups in total. The zero-order valence-corrected chi connectivity index (χ0v) is 12.2. The lowest BCUT2D eigenvalue weighted by atomic mass is 10.2. The van der Waals surface area contributed by atoms with Crippen molar-refractivity contribution in [3.8, 4) is 0 Å². The van der Waals surface area contributed by atoms with Gasteiger partial charge in [-0.2, -0.15) is 0 Å². The summed E-state index contributed by atoms with van der Waals surface area (Å²) < 4.78 is 15.6. The van der Waals surface area contributed by atoms with Gasteiger partial charge < -0.3 is 14.2 Å². The lowest BCUT2D eigenvalue weighted by molar-refractivity contribution is -0.158. The molecule has 1 saturated heterocycles. The highest BCUT2D eigenvalue weighted by Crippen LogP contribution is 2.20. The molecule has 0 aromatic heterocycles. The van der Waals surface area contributed by atoms with Crippen molar-refractivity contribution in [2.75, 3.05) is 26.4 Å². The van der Waals surface area contributed by atoms with Gasteiger partial charge >= 0.3 is 11.9 Å². The Labute approximate surface area is 118 Å². The van der Waals surface area contributed by atoms with Gasteiger partial charge in [-0.3, -0.25) is 14.5 Å². The monoisotopic (exact) mass is 283 g/mol.